The summed E-state index contributed by atoms with van der Waals surface area (Å²) in [6.07, 6.45) is 3.19. The molecule has 5 nitrogen and oxygen atoms in total. The number of benzene rings is 1. The molecule has 0 spiro atoms. The largest absolute Gasteiger partial charge is 0.338 e. The van der Waals surface area contributed by atoms with Gasteiger partial charge in [0, 0.05) is 31.0 Å². The number of piperidine rings is 1. The molecular formula is C19H19B2ClF2N4O. The predicted molar refractivity (Wildman–Crippen MR) is 108 cm³/mol. The molecule has 3 rings (SSSR count). The number of nitrogens with one attached hydrogen (secondary N) is 1. The number of rotatable bonds is 5. The molecule has 2 heterocycles. The maximum atomic E-state index is 15.5. The van der Waals surface area contributed by atoms with Gasteiger partial charge >= 0.3 is 0 Å². The van der Waals surface area contributed by atoms with E-state index in [2.05, 4.69) is 15.3 Å². The summed E-state index contributed by atoms with van der Waals surface area (Å²) in [5, 5.41) is 0.823. The fraction of sp³-hybridized carbons (Fsp3) is 0.421. The van der Waals surface area contributed by atoms with Crippen LogP contribution >= 0.6 is 11.6 Å². The molecule has 0 atom stereocenters. The number of likely N-dealkylation sites (tertiary alicyclic amines) is 1. The number of aromatic nitrogens is 2. The van der Waals surface area contributed by atoms with E-state index in [-0.39, 0.29) is 49.0 Å². The molecule has 148 valence electrons. The molecule has 0 bridgehead atoms. The molecule has 0 aliphatic carbocycles. The Morgan fingerprint density at radius 3 is 2.52 bits per heavy atom. The fourth-order valence-corrected chi connectivity index (χ4v) is 3.36. The van der Waals surface area contributed by atoms with Gasteiger partial charge in [0.1, 0.15) is 17.3 Å². The van der Waals surface area contributed by atoms with Gasteiger partial charge in [0.25, 0.3) is 5.91 Å². The molecule has 1 fully saturated rings. The second kappa shape index (κ2) is 8.40. The quantitative estimate of drug-likeness (QED) is 0.763. The Bertz CT molecular complexity index is 890. The lowest BCUT2D eigenvalue weighted by Crippen LogP contribution is -2.65. The van der Waals surface area contributed by atoms with Crippen molar-refractivity contribution in [2.45, 2.75) is 37.3 Å². The standard InChI is InChI=1S/C19H19B2ClF2N4O/c1-12-9-25-16(26-10-12)11-27-19(20,21)18(24)4-6-28(7-5-18)17(29)13-2-3-15(23)14(22)8-13/h2-3,8-10,27H,4-7,11H2,1H3. The number of alkyl halides is 1. The Balaban J connectivity index is 1.61. The Labute approximate surface area is 176 Å². The third-order valence-corrected chi connectivity index (χ3v) is 5.41. The van der Waals surface area contributed by atoms with E-state index in [9.17, 15) is 9.18 Å². The molecule has 1 aromatic carbocycles. The van der Waals surface area contributed by atoms with Crippen molar-refractivity contribution in [3.05, 3.63) is 58.4 Å². The van der Waals surface area contributed by atoms with Crippen LogP contribution in [0.5, 0.6) is 0 Å². The Morgan fingerprint density at radius 2 is 1.93 bits per heavy atom. The number of amides is 1. The number of hydrogen-bond donors (Lipinski definition) is 1. The van der Waals surface area contributed by atoms with E-state index < -0.39 is 16.8 Å². The van der Waals surface area contributed by atoms with Gasteiger partial charge < -0.3 is 10.2 Å². The number of carbonyl (C=O) groups excluding carboxylic acids is 1. The monoisotopic (exact) mass is 414 g/mol. The zero-order chi connectivity index (χ0) is 21.2. The summed E-state index contributed by atoms with van der Waals surface area (Å²) in [6.45, 7) is 2.20. The van der Waals surface area contributed by atoms with Gasteiger partial charge in [0.2, 0.25) is 0 Å². The minimum atomic E-state index is -1.94. The predicted octanol–water partition coefficient (Wildman–Crippen LogP) is 2.30. The van der Waals surface area contributed by atoms with Crippen LogP contribution in [-0.4, -0.2) is 60.6 Å². The van der Waals surface area contributed by atoms with Crippen molar-refractivity contribution in [3.8, 4) is 0 Å². The number of aryl methyl sites for hydroxylation is 1. The van der Waals surface area contributed by atoms with Crippen LogP contribution in [-0.2, 0) is 6.54 Å². The summed E-state index contributed by atoms with van der Waals surface area (Å²) in [4.78, 5) is 22.3. The molecule has 1 amide bonds. The van der Waals surface area contributed by atoms with E-state index in [1.807, 2.05) is 6.92 Å². The molecule has 4 radical (unpaired) electrons. The van der Waals surface area contributed by atoms with Crippen LogP contribution in [0.4, 0.5) is 8.78 Å². The molecule has 1 aliphatic heterocycles. The summed E-state index contributed by atoms with van der Waals surface area (Å²) < 4.78 is 28.8. The lowest BCUT2D eigenvalue weighted by Gasteiger charge is -2.47. The Hall–Kier alpha value is -1.99. The van der Waals surface area contributed by atoms with E-state index in [4.69, 9.17) is 27.3 Å². The minimum absolute atomic E-state index is 0.0532. The van der Waals surface area contributed by atoms with Gasteiger partial charge in [-0.1, -0.05) is 11.6 Å². The lowest BCUT2D eigenvalue weighted by molar-refractivity contribution is 0.0291. The average molecular weight is 414 g/mol. The van der Waals surface area contributed by atoms with E-state index in [1.165, 1.54) is 17.0 Å². The highest BCUT2D eigenvalue weighted by molar-refractivity contribution is 6.41. The fourth-order valence-electron chi connectivity index (χ4n) is 3.18. The zero-order valence-electron chi connectivity index (χ0n) is 16.0. The molecule has 2 aromatic rings. The van der Waals surface area contributed by atoms with Crippen molar-refractivity contribution in [3.63, 3.8) is 0 Å². The van der Waals surface area contributed by atoms with Crippen LogP contribution in [0.25, 0.3) is 0 Å². The summed E-state index contributed by atoms with van der Waals surface area (Å²) in [7, 11) is 12.1. The van der Waals surface area contributed by atoms with Crippen molar-refractivity contribution in [2.24, 2.45) is 0 Å². The average Bonchev–Trinajstić information content (AvgIpc) is 2.69. The molecule has 10 heteroatoms. The van der Waals surface area contributed by atoms with Gasteiger partial charge in [0.15, 0.2) is 0 Å². The van der Waals surface area contributed by atoms with Gasteiger partial charge in [-0.2, -0.15) is 0 Å². The molecular weight excluding hydrogens is 395 g/mol. The van der Waals surface area contributed by atoms with Crippen LogP contribution in [0.1, 0.15) is 34.6 Å². The molecule has 0 saturated carbocycles. The van der Waals surface area contributed by atoms with Crippen LogP contribution in [0, 0.1) is 12.7 Å². The normalized spacial score (nSPS) is 16.6. The first-order valence-corrected chi connectivity index (χ1v) is 9.53. The second-order valence-electron chi connectivity index (χ2n) is 7.29. The van der Waals surface area contributed by atoms with Gasteiger partial charge in [-0.05, 0) is 48.9 Å². The van der Waals surface area contributed by atoms with E-state index >= 15 is 4.39 Å². The van der Waals surface area contributed by atoms with Crippen molar-refractivity contribution >= 4 is 33.2 Å². The van der Waals surface area contributed by atoms with Gasteiger partial charge in [0.05, 0.1) is 27.3 Å². The van der Waals surface area contributed by atoms with E-state index in [0.29, 0.717) is 5.82 Å². The van der Waals surface area contributed by atoms with Crippen molar-refractivity contribution < 1.29 is 13.6 Å². The number of nitrogens with zero attached hydrogens (tertiary/aromatic N) is 3. The highest BCUT2D eigenvalue weighted by atomic mass is 35.5. The third kappa shape index (κ3) is 4.78. The van der Waals surface area contributed by atoms with Crippen LogP contribution in [0.2, 0.25) is 5.02 Å². The van der Waals surface area contributed by atoms with E-state index in [0.717, 1.165) is 11.6 Å². The Morgan fingerprint density at radius 1 is 1.31 bits per heavy atom. The lowest BCUT2D eigenvalue weighted by atomic mass is 9.51. The molecule has 0 unspecified atom stereocenters. The van der Waals surface area contributed by atoms with Crippen molar-refractivity contribution in [1.29, 1.82) is 0 Å². The molecule has 1 aromatic heterocycles. The molecule has 1 aliphatic rings. The van der Waals surface area contributed by atoms with Gasteiger partial charge in [-0.25, -0.2) is 18.7 Å². The number of hydrogen-bond acceptors (Lipinski definition) is 4. The second-order valence-corrected chi connectivity index (χ2v) is 7.69. The summed E-state index contributed by atoms with van der Waals surface area (Å²) >= 11 is 5.74. The number of carbonyl (C=O) groups is 1. The summed E-state index contributed by atoms with van der Waals surface area (Å²) in [6, 6.07) is 3.73. The molecule has 1 N–H and O–H groups in total. The van der Waals surface area contributed by atoms with Gasteiger partial charge in [-0.3, -0.25) is 4.79 Å². The zero-order valence-corrected chi connectivity index (χ0v) is 16.7. The van der Waals surface area contributed by atoms with E-state index in [1.54, 1.807) is 12.4 Å². The molecule has 29 heavy (non-hydrogen) atoms. The highest BCUT2D eigenvalue weighted by Crippen LogP contribution is 2.34. The van der Waals surface area contributed by atoms with Crippen LogP contribution < -0.4 is 5.32 Å². The van der Waals surface area contributed by atoms with Crippen molar-refractivity contribution in [1.82, 2.24) is 20.2 Å². The topological polar surface area (TPSA) is 58.1 Å². The third-order valence-electron chi connectivity index (χ3n) is 5.12. The first kappa shape index (κ1) is 21.7. The Kier molecular flexibility index (Phi) is 6.29. The van der Waals surface area contributed by atoms with Gasteiger partial charge in [-0.15, -0.1) is 0 Å². The smallest absolute Gasteiger partial charge is 0.253 e. The summed E-state index contributed by atoms with van der Waals surface area (Å²) in [5.41, 5.74) is -0.791. The van der Waals surface area contributed by atoms with Crippen LogP contribution in [0.15, 0.2) is 30.6 Å². The molecule has 1 saturated heterocycles. The van der Waals surface area contributed by atoms with Crippen LogP contribution in [0.3, 0.4) is 0 Å². The SMILES string of the molecule is [B]C([B])(NCc1ncc(C)cn1)C1(F)CCN(C(=O)c2ccc(F)c(Cl)c2)CC1. The first-order chi connectivity index (χ1) is 13.6. The maximum Gasteiger partial charge on any atom is 0.253 e. The highest BCUT2D eigenvalue weighted by Gasteiger charge is 2.46. The number of halogens is 3. The van der Waals surface area contributed by atoms with Crippen molar-refractivity contribution in [2.75, 3.05) is 13.1 Å². The first-order valence-electron chi connectivity index (χ1n) is 9.15. The maximum absolute atomic E-state index is 15.5. The summed E-state index contributed by atoms with van der Waals surface area (Å²) in [5.74, 6) is -0.515. The minimum Gasteiger partial charge on any atom is -0.338 e.